The highest BCUT2D eigenvalue weighted by molar-refractivity contribution is 8.26. The van der Waals surface area contributed by atoms with Gasteiger partial charge >= 0.3 is 0 Å². The van der Waals surface area contributed by atoms with Gasteiger partial charge in [0.15, 0.2) is 0 Å². The van der Waals surface area contributed by atoms with Crippen LogP contribution in [0.5, 0.6) is 0 Å². The van der Waals surface area contributed by atoms with E-state index in [0.29, 0.717) is 0 Å². The number of benzene rings is 12. The van der Waals surface area contributed by atoms with Crippen molar-refractivity contribution in [3.63, 3.8) is 0 Å². The number of fused-ring (bicyclic) bond motifs is 9. The van der Waals surface area contributed by atoms with E-state index in [9.17, 15) is 0 Å². The molecule has 12 aromatic carbocycles. The molecule has 83 heavy (non-hydrogen) atoms. The van der Waals surface area contributed by atoms with E-state index < -0.39 is 6.04 Å². The van der Waals surface area contributed by atoms with E-state index in [4.69, 9.17) is 11.8 Å². The maximum Gasteiger partial charge on any atom is 0.0594 e. The van der Waals surface area contributed by atoms with Gasteiger partial charge in [-0.25, -0.2) is 0 Å². The summed E-state index contributed by atoms with van der Waals surface area (Å²) in [5, 5.41) is 10.9. The average molecular weight is 1100 g/mol. The van der Waals surface area contributed by atoms with E-state index in [1.54, 1.807) is 0 Å². The van der Waals surface area contributed by atoms with E-state index in [0.717, 1.165) is 101 Å². The largest absolute Gasteiger partial charge is 0.309 e. The number of hydrogen-bond acceptors (Lipinski definition) is 4. The van der Waals surface area contributed by atoms with Gasteiger partial charge in [0.05, 0.1) is 90.3 Å². The number of hydrogen-bond donors (Lipinski definition) is 0. The second-order valence-electron chi connectivity index (χ2n) is 22.7. The summed E-state index contributed by atoms with van der Waals surface area (Å²) in [6, 6.07) is 92.4. The molecule has 18 rings (SSSR count). The van der Waals surface area contributed by atoms with Gasteiger partial charge in [-0.1, -0.05) is 174 Å². The highest BCUT2D eigenvalue weighted by Gasteiger charge is 2.52. The highest BCUT2D eigenvalue weighted by atomic mass is 32.4. The quantitative estimate of drug-likeness (QED) is 0.155. The molecule has 3 aliphatic rings. The second kappa shape index (κ2) is 17.1. The second-order valence-corrected chi connectivity index (χ2v) is 26.9. The van der Waals surface area contributed by atoms with Crippen LogP contribution in [-0.2, 0) is 11.8 Å². The van der Waals surface area contributed by atoms with E-state index in [-0.39, 0.29) is 0 Å². The Morgan fingerprint density at radius 1 is 0.241 bits per heavy atom. The third kappa shape index (κ3) is 6.35. The summed E-state index contributed by atoms with van der Waals surface area (Å²) < 4.78 is 7.46. The molecule has 3 aliphatic heterocycles. The molecule has 0 saturated heterocycles. The Morgan fingerprint density at radius 3 is 0.639 bits per heavy atom. The van der Waals surface area contributed by atoms with Crippen molar-refractivity contribution in [3.8, 4) is 17.1 Å². The van der Waals surface area contributed by atoms with E-state index >= 15 is 0 Å². The molecular formula is C75H51N6PS. The number of aryl methyl sites for hydroxylation is 3. The summed E-state index contributed by atoms with van der Waals surface area (Å²) in [6.45, 7) is 6.54. The Morgan fingerprint density at radius 2 is 0.434 bits per heavy atom. The van der Waals surface area contributed by atoms with Gasteiger partial charge < -0.3 is 28.4 Å². The standard InChI is InChI=1S/C75H51N6PS/c1-46-28-34-49(35-29-46)76-67-40-52(79-61-22-10-4-16-55(61)56-17-5-11-23-62(56)79)42-69-73(67)82(83)74-68(76)41-53(80-63-24-12-6-18-57(63)58-19-7-13-25-64(58)80)43-70(74)78(51-38-32-48(3)33-39-51)72-45-54(44-71(75(72)82)77(69)50-36-30-47(2)31-37-50)81-65-26-14-8-20-59(65)60-21-9-15-27-66(60)81/h4-45H,1-3H3. The first-order valence-corrected chi connectivity index (χ1v) is 31.3. The Labute approximate surface area is 485 Å². The Bertz CT molecular complexity index is 4590. The SMILES string of the molecule is Cc1ccc(N2c3cc(-n4c5ccccc5c5ccccc54)cc4c3P3(=S)c5c2cc(-n2c6ccccc6c6ccccc62)cc5N(c2ccc(C)cc2)c2cc(-n5c6ccccc6c6ccccc65)cc(c23)N4c2ccc(C)cc2)cc1. The topological polar surface area (TPSA) is 24.5 Å². The zero-order valence-electron chi connectivity index (χ0n) is 45.8. The third-order valence-electron chi connectivity index (χ3n) is 17.9. The summed E-state index contributed by atoms with van der Waals surface area (Å²) in [7, 11) is 0. The molecule has 0 aliphatic carbocycles. The van der Waals surface area contributed by atoms with Gasteiger partial charge in [-0.15, -0.1) is 0 Å². The van der Waals surface area contributed by atoms with Crippen LogP contribution in [0.15, 0.2) is 255 Å². The molecule has 0 saturated carbocycles. The van der Waals surface area contributed by atoms with Crippen LogP contribution in [0.2, 0.25) is 0 Å². The highest BCUT2D eigenvalue weighted by Crippen LogP contribution is 2.68. The van der Waals surface area contributed by atoms with E-state index in [1.165, 1.54) is 64.9 Å². The lowest BCUT2D eigenvalue weighted by Crippen LogP contribution is -2.48. The number of para-hydroxylation sites is 6. The van der Waals surface area contributed by atoms with Crippen molar-refractivity contribution in [2.45, 2.75) is 20.8 Å². The fraction of sp³-hybridized carbons (Fsp3) is 0.0400. The molecule has 0 N–H and O–H groups in total. The maximum atomic E-state index is 8.06. The van der Waals surface area contributed by atoms with Gasteiger partial charge in [-0.3, -0.25) is 0 Å². The minimum Gasteiger partial charge on any atom is -0.309 e. The molecule has 0 bridgehead atoms. The summed E-state index contributed by atoms with van der Waals surface area (Å²) in [6.07, 6.45) is 0. The zero-order valence-corrected chi connectivity index (χ0v) is 47.5. The first-order valence-electron chi connectivity index (χ1n) is 28.5. The molecule has 6 heterocycles. The summed E-state index contributed by atoms with van der Waals surface area (Å²) in [5.74, 6) is 0. The van der Waals surface area contributed by atoms with Crippen molar-refractivity contribution >= 4 is 150 Å². The molecule has 8 heteroatoms. The lowest BCUT2D eigenvalue weighted by atomic mass is 10.0. The summed E-state index contributed by atoms with van der Waals surface area (Å²) in [4.78, 5) is 7.71. The van der Waals surface area contributed by atoms with Crippen LogP contribution < -0.4 is 30.6 Å². The average Bonchev–Trinajstić information content (AvgIpc) is 1.72. The fourth-order valence-corrected chi connectivity index (χ4v) is 19.7. The van der Waals surface area contributed by atoms with Gasteiger partial charge in [-0.05, 0) is 130 Å². The normalized spacial score (nSPS) is 13.8. The molecule has 0 atom stereocenters. The van der Waals surface area contributed by atoms with Crippen LogP contribution in [0.1, 0.15) is 16.7 Å². The van der Waals surface area contributed by atoms with Gasteiger partial charge in [-0.2, -0.15) is 0 Å². The summed E-state index contributed by atoms with van der Waals surface area (Å²) >= 11 is 8.06. The van der Waals surface area contributed by atoms with Crippen molar-refractivity contribution in [1.82, 2.24) is 13.7 Å². The van der Waals surface area contributed by atoms with Crippen molar-refractivity contribution in [1.29, 1.82) is 0 Å². The third-order valence-corrected chi connectivity index (χ3v) is 22.9. The van der Waals surface area contributed by atoms with Crippen LogP contribution in [-0.4, -0.2) is 13.7 Å². The van der Waals surface area contributed by atoms with Gasteiger partial charge in [0.25, 0.3) is 0 Å². The molecule has 3 aromatic heterocycles. The van der Waals surface area contributed by atoms with Crippen LogP contribution >= 0.6 is 6.04 Å². The molecule has 0 spiro atoms. The lowest BCUT2D eigenvalue weighted by Gasteiger charge is -2.52. The van der Waals surface area contributed by atoms with Crippen LogP contribution in [0.4, 0.5) is 51.2 Å². The molecule has 0 radical (unpaired) electrons. The number of anilines is 9. The zero-order chi connectivity index (χ0) is 55.0. The molecule has 15 aromatic rings. The first-order chi connectivity index (χ1) is 40.8. The molecule has 392 valence electrons. The van der Waals surface area contributed by atoms with Crippen LogP contribution in [0.25, 0.3) is 82.5 Å². The van der Waals surface area contributed by atoms with Gasteiger partial charge in [0, 0.05) is 65.3 Å². The molecule has 0 unspecified atom stereocenters. The van der Waals surface area contributed by atoms with Crippen LogP contribution in [0, 0.1) is 20.8 Å². The van der Waals surface area contributed by atoms with Crippen molar-refractivity contribution in [2.24, 2.45) is 0 Å². The maximum absolute atomic E-state index is 8.06. The van der Waals surface area contributed by atoms with Gasteiger partial charge in [0.2, 0.25) is 0 Å². The molecular weight excluding hydrogens is 1050 g/mol. The Kier molecular flexibility index (Phi) is 9.63. The monoisotopic (exact) mass is 1100 g/mol. The minimum absolute atomic E-state index is 1.06. The Hall–Kier alpha value is -9.91. The lowest BCUT2D eigenvalue weighted by molar-refractivity contribution is 1.13. The van der Waals surface area contributed by atoms with Gasteiger partial charge in [0.1, 0.15) is 0 Å². The Balaban J connectivity index is 1.07. The van der Waals surface area contributed by atoms with Crippen molar-refractivity contribution in [3.05, 3.63) is 271 Å². The van der Waals surface area contributed by atoms with Crippen LogP contribution in [0.3, 0.4) is 0 Å². The predicted octanol–water partition coefficient (Wildman–Crippen LogP) is 19.0. The minimum atomic E-state index is -3.08. The number of aromatic nitrogens is 3. The smallest absolute Gasteiger partial charge is 0.0594 e. The molecule has 6 nitrogen and oxygen atoms in total. The van der Waals surface area contributed by atoms with E-state index in [1.807, 2.05) is 0 Å². The van der Waals surface area contributed by atoms with Crippen molar-refractivity contribution < 1.29 is 0 Å². The molecule has 0 fully saturated rings. The number of nitrogens with zero attached hydrogens (tertiary/aromatic N) is 6. The number of rotatable bonds is 6. The summed E-state index contributed by atoms with van der Waals surface area (Å²) in [5.41, 5.74) is 23.5. The van der Waals surface area contributed by atoms with Crippen molar-refractivity contribution in [2.75, 3.05) is 14.7 Å². The predicted molar refractivity (Wildman–Crippen MR) is 354 cm³/mol. The fourth-order valence-electron chi connectivity index (χ4n) is 14.4. The van der Waals surface area contributed by atoms with E-state index in [2.05, 4.69) is 304 Å². The molecule has 0 amide bonds. The first kappa shape index (κ1) is 46.8.